The number of rotatable bonds is 5. The Morgan fingerprint density at radius 1 is 1.54 bits per heavy atom. The van der Waals surface area contributed by atoms with Crippen molar-refractivity contribution >= 4 is 23.3 Å². The summed E-state index contributed by atoms with van der Waals surface area (Å²) in [5.41, 5.74) is -0.458. The first-order valence-electron chi connectivity index (χ1n) is 8.32. The van der Waals surface area contributed by atoms with Crippen LogP contribution in [-0.2, 0) is 9.53 Å². The molecule has 1 aromatic rings. The highest BCUT2D eigenvalue weighted by atomic mass is 35.5. The molecule has 0 saturated carbocycles. The fourth-order valence-electron chi connectivity index (χ4n) is 4.12. The number of carbonyl (C=O) groups is 1. The van der Waals surface area contributed by atoms with Gasteiger partial charge in [0.25, 0.3) is 0 Å². The molecule has 1 heterocycles. The molecule has 0 spiro atoms. The molecular weight excluding hydrogens is 359 g/mol. The molecule has 4 unspecified atom stereocenters. The number of carboxylic acids is 1. The first kappa shape index (κ1) is 20.3. The summed E-state index contributed by atoms with van der Waals surface area (Å²) in [5.74, 6) is -3.54. The highest BCUT2D eigenvalue weighted by molar-refractivity contribution is 6.31. The predicted octanol–water partition coefficient (Wildman–Crippen LogP) is 3.92. The van der Waals surface area contributed by atoms with Gasteiger partial charge in [0.2, 0.25) is 0 Å². The monoisotopic (exact) mass is 380 g/mol. The molecule has 2 rings (SSSR count). The molecule has 0 fully saturated rings. The van der Waals surface area contributed by atoms with Gasteiger partial charge in [-0.3, -0.25) is 9.79 Å². The lowest BCUT2D eigenvalue weighted by Gasteiger charge is -2.49. The number of nitrogens with zero attached hydrogens (tertiary/aromatic N) is 2. The van der Waals surface area contributed by atoms with Crippen LogP contribution >= 0.6 is 11.6 Å². The Balaban J connectivity index is 2.86. The number of benzene rings is 1. The average Bonchev–Trinajstić information content (AvgIpc) is 2.54. The number of hydrogen-bond donors (Lipinski definition) is 1. The lowest BCUT2D eigenvalue weighted by Crippen LogP contribution is -2.57. The number of carboxylic acid groups (broad SMARTS) is 1. The zero-order valence-electron chi connectivity index (χ0n) is 15.2. The average molecular weight is 381 g/mol. The van der Waals surface area contributed by atoms with E-state index in [-0.39, 0.29) is 17.5 Å². The van der Waals surface area contributed by atoms with Crippen molar-refractivity contribution in [3.63, 3.8) is 0 Å². The summed E-state index contributed by atoms with van der Waals surface area (Å²) in [6, 6.07) is 5.33. The zero-order chi connectivity index (χ0) is 19.6. The van der Waals surface area contributed by atoms with E-state index in [2.05, 4.69) is 11.1 Å². The zero-order valence-corrected chi connectivity index (χ0v) is 15.9. The molecule has 0 aromatic heterocycles. The molecule has 0 aliphatic carbocycles. The summed E-state index contributed by atoms with van der Waals surface area (Å²) in [4.78, 5) is 17.1. The number of hydrogen-bond acceptors (Lipinski definition) is 4. The third kappa shape index (κ3) is 3.10. The number of ether oxygens (including phenoxy) is 1. The second kappa shape index (κ2) is 7.73. The van der Waals surface area contributed by atoms with Crippen molar-refractivity contribution in [1.82, 2.24) is 0 Å². The van der Waals surface area contributed by atoms with Crippen LogP contribution in [0.2, 0.25) is 5.02 Å². The molecule has 0 saturated heterocycles. The van der Waals surface area contributed by atoms with Crippen LogP contribution in [0.5, 0.6) is 0 Å². The molecule has 7 heteroatoms. The van der Waals surface area contributed by atoms with Gasteiger partial charge < -0.3 is 9.84 Å². The van der Waals surface area contributed by atoms with Crippen LogP contribution in [0.1, 0.15) is 32.3 Å². The summed E-state index contributed by atoms with van der Waals surface area (Å²) in [5, 5.41) is 20.2. The quantitative estimate of drug-likeness (QED) is 0.839. The Morgan fingerprint density at radius 3 is 2.65 bits per heavy atom. The first-order valence-corrected chi connectivity index (χ1v) is 8.70. The highest BCUT2D eigenvalue weighted by Gasteiger charge is 2.60. The Hall–Kier alpha value is -1.97. The summed E-state index contributed by atoms with van der Waals surface area (Å²) >= 11 is 6.28. The fraction of sp³-hybridized carbons (Fsp3) is 0.526. The number of nitriles is 1. The highest BCUT2D eigenvalue weighted by Crippen LogP contribution is 2.54. The van der Waals surface area contributed by atoms with Crippen molar-refractivity contribution in [2.75, 3.05) is 13.7 Å². The van der Waals surface area contributed by atoms with Crippen molar-refractivity contribution in [3.05, 3.63) is 34.6 Å². The number of aliphatic carboxylic acids is 1. The molecular formula is C19H22ClFN2O3. The topological polar surface area (TPSA) is 82.7 Å². The third-order valence-electron chi connectivity index (χ3n) is 5.30. The van der Waals surface area contributed by atoms with E-state index in [1.165, 1.54) is 19.2 Å². The summed E-state index contributed by atoms with van der Waals surface area (Å²) < 4.78 is 18.8. The maximum Gasteiger partial charge on any atom is 0.312 e. The maximum atomic E-state index is 13.6. The second-order valence-corrected chi connectivity index (χ2v) is 7.29. The van der Waals surface area contributed by atoms with E-state index in [4.69, 9.17) is 16.3 Å². The van der Waals surface area contributed by atoms with Gasteiger partial charge in [-0.1, -0.05) is 31.5 Å². The molecule has 0 bridgehead atoms. The smallest absolute Gasteiger partial charge is 0.312 e. The Kier molecular flexibility index (Phi) is 6.05. The Labute approximate surface area is 157 Å². The molecule has 140 valence electrons. The molecule has 0 amide bonds. The Morgan fingerprint density at radius 2 is 2.19 bits per heavy atom. The minimum Gasteiger partial charge on any atom is -0.481 e. The SMILES string of the molecule is COCC1N=C(C)C(C#N)C(c2ccc(F)cc2Cl)C1(C(=O)O)C(C)C. The van der Waals surface area contributed by atoms with Gasteiger partial charge in [0.15, 0.2) is 0 Å². The molecule has 1 aromatic carbocycles. The van der Waals surface area contributed by atoms with Gasteiger partial charge >= 0.3 is 5.97 Å². The third-order valence-corrected chi connectivity index (χ3v) is 5.62. The van der Waals surface area contributed by atoms with Crippen LogP contribution in [0.3, 0.4) is 0 Å². The van der Waals surface area contributed by atoms with Crippen LogP contribution in [-0.4, -0.2) is 36.5 Å². The van der Waals surface area contributed by atoms with Crippen LogP contribution in [0.4, 0.5) is 4.39 Å². The van der Waals surface area contributed by atoms with Gasteiger partial charge in [-0.2, -0.15) is 5.26 Å². The van der Waals surface area contributed by atoms with E-state index < -0.39 is 35.1 Å². The molecule has 1 aliphatic heterocycles. The number of halogens is 2. The van der Waals surface area contributed by atoms with Crippen molar-refractivity contribution in [3.8, 4) is 6.07 Å². The minimum atomic E-state index is -1.42. The summed E-state index contributed by atoms with van der Waals surface area (Å²) in [7, 11) is 1.48. The van der Waals surface area contributed by atoms with Crippen LogP contribution in [0.25, 0.3) is 0 Å². The first-order chi connectivity index (χ1) is 12.2. The van der Waals surface area contributed by atoms with Gasteiger partial charge in [-0.05, 0) is 30.5 Å². The molecule has 5 nitrogen and oxygen atoms in total. The van der Waals surface area contributed by atoms with Crippen LogP contribution in [0, 0.1) is 34.4 Å². The van der Waals surface area contributed by atoms with E-state index in [0.717, 1.165) is 6.07 Å². The molecule has 0 radical (unpaired) electrons. The van der Waals surface area contributed by atoms with Gasteiger partial charge in [0, 0.05) is 23.8 Å². The molecule has 1 aliphatic rings. The molecule has 1 N–H and O–H groups in total. The van der Waals surface area contributed by atoms with Gasteiger partial charge in [-0.25, -0.2) is 4.39 Å². The molecule has 4 atom stereocenters. The largest absolute Gasteiger partial charge is 0.481 e. The normalized spacial score (nSPS) is 28.5. The van der Waals surface area contributed by atoms with E-state index in [9.17, 15) is 19.6 Å². The van der Waals surface area contributed by atoms with Crippen molar-refractivity contribution in [2.24, 2.45) is 22.2 Å². The predicted molar refractivity (Wildman–Crippen MR) is 96.9 cm³/mol. The van der Waals surface area contributed by atoms with Crippen molar-refractivity contribution in [1.29, 1.82) is 5.26 Å². The molecule has 26 heavy (non-hydrogen) atoms. The number of aliphatic imine (C=N–C) groups is 1. The Bertz CT molecular complexity index is 775. The van der Waals surface area contributed by atoms with E-state index in [1.807, 2.05) is 0 Å². The number of methoxy groups -OCH3 is 1. The van der Waals surface area contributed by atoms with E-state index >= 15 is 0 Å². The summed E-state index contributed by atoms with van der Waals surface area (Å²) in [6.07, 6.45) is 0. The van der Waals surface area contributed by atoms with Crippen LogP contribution in [0.15, 0.2) is 23.2 Å². The standard InChI is InChI=1S/C19H22ClFN2O3/c1-10(2)19(18(24)25)16(9-26-4)23-11(3)14(8-22)17(19)13-6-5-12(21)7-15(13)20/h5-7,10,14,16-17H,9H2,1-4H3,(H,24,25). The second-order valence-electron chi connectivity index (χ2n) is 6.88. The maximum absolute atomic E-state index is 13.6. The lowest BCUT2D eigenvalue weighted by molar-refractivity contribution is -0.158. The fourth-order valence-corrected chi connectivity index (χ4v) is 4.40. The van der Waals surface area contributed by atoms with Gasteiger partial charge in [-0.15, -0.1) is 0 Å². The van der Waals surface area contributed by atoms with Crippen molar-refractivity contribution < 1.29 is 19.0 Å². The van der Waals surface area contributed by atoms with Gasteiger partial charge in [0.05, 0.1) is 24.6 Å². The summed E-state index contributed by atoms with van der Waals surface area (Å²) in [6.45, 7) is 5.36. The minimum absolute atomic E-state index is 0.0925. The lowest BCUT2D eigenvalue weighted by atomic mass is 9.55. The van der Waals surface area contributed by atoms with Crippen LogP contribution < -0.4 is 0 Å². The van der Waals surface area contributed by atoms with Gasteiger partial charge in [0.1, 0.15) is 11.2 Å². The van der Waals surface area contributed by atoms with Crippen molar-refractivity contribution in [2.45, 2.75) is 32.7 Å². The van der Waals surface area contributed by atoms with E-state index in [1.54, 1.807) is 20.8 Å². The van der Waals surface area contributed by atoms with E-state index in [0.29, 0.717) is 11.3 Å².